The standard InChI is InChI=1S/C27H24ClN3O/c1-18-13-14-19(2)23(16-18)29-27(32)31-17-20-8-3-6-11-24(20)30-15-7-12-25(30)26(31)21-9-4-5-10-22(21)28/h3-16,26H,17H2,1-2H3,(H,29,32)/t26-/m1/s1. The molecule has 0 unspecified atom stereocenters. The molecule has 0 bridgehead atoms. The topological polar surface area (TPSA) is 37.3 Å². The summed E-state index contributed by atoms with van der Waals surface area (Å²) in [5.41, 5.74) is 7.00. The van der Waals surface area contributed by atoms with E-state index in [1.54, 1.807) is 0 Å². The van der Waals surface area contributed by atoms with Crippen molar-refractivity contribution >= 4 is 23.3 Å². The zero-order valence-electron chi connectivity index (χ0n) is 18.0. The number of rotatable bonds is 2. The number of nitrogens with zero attached hydrogens (tertiary/aromatic N) is 2. The Morgan fingerprint density at radius 2 is 1.75 bits per heavy atom. The van der Waals surface area contributed by atoms with E-state index in [0.717, 1.165) is 39.3 Å². The average Bonchev–Trinajstić information content (AvgIpc) is 3.21. The molecule has 5 rings (SSSR count). The second kappa shape index (κ2) is 8.21. The van der Waals surface area contributed by atoms with Gasteiger partial charge in [-0.25, -0.2) is 4.79 Å². The number of nitrogens with one attached hydrogen (secondary N) is 1. The lowest BCUT2D eigenvalue weighted by molar-refractivity contribution is 0.194. The highest BCUT2D eigenvalue weighted by atomic mass is 35.5. The number of hydrogen-bond donors (Lipinski definition) is 1. The molecule has 2 amide bonds. The first-order valence-electron chi connectivity index (χ1n) is 10.7. The molecular formula is C27H24ClN3O. The van der Waals surface area contributed by atoms with Gasteiger partial charge in [0.05, 0.1) is 17.9 Å². The second-order valence-corrected chi connectivity index (χ2v) is 8.64. The van der Waals surface area contributed by atoms with Gasteiger partial charge in [0, 0.05) is 16.9 Å². The Bertz CT molecular complexity index is 1310. The van der Waals surface area contributed by atoms with E-state index >= 15 is 0 Å². The summed E-state index contributed by atoms with van der Waals surface area (Å²) in [6.45, 7) is 4.49. The molecule has 4 aromatic rings. The molecule has 1 aromatic heterocycles. The van der Waals surface area contributed by atoms with Crippen LogP contribution in [0.5, 0.6) is 0 Å². The van der Waals surface area contributed by atoms with Crippen molar-refractivity contribution in [2.75, 3.05) is 5.32 Å². The third-order valence-corrected chi connectivity index (χ3v) is 6.40. The summed E-state index contributed by atoms with van der Waals surface area (Å²) >= 11 is 6.66. The first-order chi connectivity index (χ1) is 15.5. The lowest BCUT2D eigenvalue weighted by Gasteiger charge is -2.31. The molecule has 1 aliphatic rings. The Labute approximate surface area is 193 Å². The fourth-order valence-corrected chi connectivity index (χ4v) is 4.66. The molecule has 1 N–H and O–H groups in total. The van der Waals surface area contributed by atoms with Gasteiger partial charge in [0.25, 0.3) is 0 Å². The number of amides is 2. The van der Waals surface area contributed by atoms with Gasteiger partial charge >= 0.3 is 6.03 Å². The summed E-state index contributed by atoms with van der Waals surface area (Å²) in [6, 6.07) is 25.6. The Morgan fingerprint density at radius 3 is 2.59 bits per heavy atom. The van der Waals surface area contributed by atoms with E-state index in [1.165, 1.54) is 0 Å². The van der Waals surface area contributed by atoms with Gasteiger partial charge in [0.2, 0.25) is 0 Å². The highest BCUT2D eigenvalue weighted by Gasteiger charge is 2.34. The molecule has 0 saturated carbocycles. The number of benzene rings is 3. The lowest BCUT2D eigenvalue weighted by atomic mass is 10.0. The predicted molar refractivity (Wildman–Crippen MR) is 130 cm³/mol. The summed E-state index contributed by atoms with van der Waals surface area (Å²) in [4.78, 5) is 15.7. The molecule has 1 atom stereocenters. The monoisotopic (exact) mass is 441 g/mol. The van der Waals surface area contributed by atoms with Crippen LogP contribution in [0.25, 0.3) is 5.69 Å². The van der Waals surface area contributed by atoms with Crippen molar-refractivity contribution in [3.63, 3.8) is 0 Å². The lowest BCUT2D eigenvalue weighted by Crippen LogP contribution is -2.38. The van der Waals surface area contributed by atoms with Crippen LogP contribution in [0.4, 0.5) is 10.5 Å². The minimum atomic E-state index is -0.337. The number of aryl methyl sites for hydroxylation is 2. The van der Waals surface area contributed by atoms with Gasteiger partial charge < -0.3 is 14.8 Å². The van der Waals surface area contributed by atoms with Gasteiger partial charge in [-0.1, -0.05) is 60.1 Å². The van der Waals surface area contributed by atoms with Gasteiger partial charge in [-0.2, -0.15) is 0 Å². The number of halogens is 1. The molecule has 32 heavy (non-hydrogen) atoms. The van der Waals surface area contributed by atoms with Crippen molar-refractivity contribution in [2.24, 2.45) is 0 Å². The van der Waals surface area contributed by atoms with E-state index in [9.17, 15) is 4.79 Å². The minimum absolute atomic E-state index is 0.159. The number of urea groups is 1. The Kier molecular flexibility index (Phi) is 5.24. The Hall–Kier alpha value is -3.50. The van der Waals surface area contributed by atoms with Crippen LogP contribution in [0.1, 0.15) is 34.0 Å². The number of aromatic nitrogens is 1. The van der Waals surface area contributed by atoms with Gasteiger partial charge in [-0.3, -0.25) is 0 Å². The maximum absolute atomic E-state index is 13.8. The Balaban J connectivity index is 1.66. The average molecular weight is 442 g/mol. The molecule has 0 spiro atoms. The maximum Gasteiger partial charge on any atom is 0.322 e. The summed E-state index contributed by atoms with van der Waals surface area (Å²) in [6.07, 6.45) is 2.05. The Morgan fingerprint density at radius 1 is 0.969 bits per heavy atom. The van der Waals surface area contributed by atoms with Crippen LogP contribution >= 0.6 is 11.6 Å². The van der Waals surface area contributed by atoms with E-state index in [2.05, 4.69) is 28.1 Å². The maximum atomic E-state index is 13.8. The molecule has 0 radical (unpaired) electrons. The highest BCUT2D eigenvalue weighted by molar-refractivity contribution is 6.31. The summed E-state index contributed by atoms with van der Waals surface area (Å²) in [5, 5.41) is 3.80. The summed E-state index contributed by atoms with van der Waals surface area (Å²) in [7, 11) is 0. The minimum Gasteiger partial charge on any atom is -0.318 e. The van der Waals surface area contributed by atoms with Crippen LogP contribution in [0.3, 0.4) is 0 Å². The van der Waals surface area contributed by atoms with E-state index in [-0.39, 0.29) is 12.1 Å². The van der Waals surface area contributed by atoms with Crippen molar-refractivity contribution in [3.8, 4) is 5.69 Å². The third-order valence-electron chi connectivity index (χ3n) is 6.06. The molecule has 0 aliphatic carbocycles. The van der Waals surface area contributed by atoms with Gasteiger partial charge in [-0.05, 0) is 66.4 Å². The number of carbonyl (C=O) groups excluding carboxylic acids is 1. The molecule has 2 heterocycles. The number of hydrogen-bond acceptors (Lipinski definition) is 1. The van der Waals surface area contributed by atoms with Crippen LogP contribution in [-0.4, -0.2) is 15.5 Å². The largest absolute Gasteiger partial charge is 0.322 e. The first-order valence-corrected chi connectivity index (χ1v) is 11.1. The van der Waals surface area contributed by atoms with Crippen molar-refractivity contribution < 1.29 is 4.79 Å². The molecule has 0 fully saturated rings. The van der Waals surface area contributed by atoms with Crippen molar-refractivity contribution in [1.29, 1.82) is 0 Å². The van der Waals surface area contributed by atoms with Crippen LogP contribution in [0.15, 0.2) is 85.1 Å². The fourth-order valence-electron chi connectivity index (χ4n) is 4.42. The van der Waals surface area contributed by atoms with E-state index in [0.29, 0.717) is 11.6 Å². The van der Waals surface area contributed by atoms with Crippen molar-refractivity contribution in [2.45, 2.75) is 26.4 Å². The number of carbonyl (C=O) groups is 1. The zero-order chi connectivity index (χ0) is 22.2. The molecule has 3 aromatic carbocycles. The second-order valence-electron chi connectivity index (χ2n) is 8.23. The van der Waals surface area contributed by atoms with E-state index < -0.39 is 0 Å². The predicted octanol–water partition coefficient (Wildman–Crippen LogP) is 6.88. The van der Waals surface area contributed by atoms with E-state index in [4.69, 9.17) is 11.6 Å². The molecule has 1 aliphatic heterocycles. The van der Waals surface area contributed by atoms with Crippen LogP contribution in [0.2, 0.25) is 5.02 Å². The van der Waals surface area contributed by atoms with Crippen LogP contribution in [-0.2, 0) is 6.54 Å². The van der Waals surface area contributed by atoms with Crippen LogP contribution in [0, 0.1) is 13.8 Å². The van der Waals surface area contributed by atoms with Crippen molar-refractivity contribution in [1.82, 2.24) is 9.47 Å². The van der Waals surface area contributed by atoms with Gasteiger partial charge in [-0.15, -0.1) is 0 Å². The first kappa shape index (κ1) is 20.4. The molecular weight excluding hydrogens is 418 g/mol. The third kappa shape index (κ3) is 3.57. The van der Waals surface area contributed by atoms with Crippen molar-refractivity contribution in [3.05, 3.63) is 118 Å². The fraction of sp³-hybridized carbons (Fsp3) is 0.148. The zero-order valence-corrected chi connectivity index (χ0v) is 18.8. The highest BCUT2D eigenvalue weighted by Crippen LogP contribution is 2.39. The van der Waals surface area contributed by atoms with E-state index in [1.807, 2.05) is 85.6 Å². The van der Waals surface area contributed by atoms with Gasteiger partial charge in [0.1, 0.15) is 6.04 Å². The molecule has 0 saturated heterocycles. The number of anilines is 1. The smallest absolute Gasteiger partial charge is 0.318 e. The molecule has 5 heteroatoms. The summed E-state index contributed by atoms with van der Waals surface area (Å²) in [5.74, 6) is 0. The van der Waals surface area contributed by atoms with Gasteiger partial charge in [0.15, 0.2) is 0 Å². The summed E-state index contributed by atoms with van der Waals surface area (Å²) < 4.78 is 2.16. The number of para-hydroxylation sites is 1. The SMILES string of the molecule is Cc1ccc(C)c(NC(=O)N2Cc3ccccc3-n3cccc3[C@H]2c2ccccc2Cl)c1. The van der Waals surface area contributed by atoms with Crippen LogP contribution < -0.4 is 5.32 Å². The quantitative estimate of drug-likeness (QED) is 0.361. The molecule has 160 valence electrons. The number of fused-ring (bicyclic) bond motifs is 3. The molecule has 4 nitrogen and oxygen atoms in total. The normalized spacial score (nSPS) is 15.0.